The molecule has 1 heterocycles. The van der Waals surface area contributed by atoms with Gasteiger partial charge in [0, 0.05) is 6.54 Å². The van der Waals surface area contributed by atoms with E-state index < -0.39 is 0 Å². The van der Waals surface area contributed by atoms with Crippen LogP contribution in [0.5, 0.6) is 0 Å². The van der Waals surface area contributed by atoms with E-state index in [0.29, 0.717) is 12.4 Å². The molecule has 0 amide bonds. The van der Waals surface area contributed by atoms with Crippen LogP contribution in [0.25, 0.3) is 0 Å². The van der Waals surface area contributed by atoms with E-state index in [4.69, 9.17) is 11.4 Å². The summed E-state index contributed by atoms with van der Waals surface area (Å²) in [7, 11) is 0. The summed E-state index contributed by atoms with van der Waals surface area (Å²) in [6, 6.07) is 0. The standard InChI is InChI=1S/C4H10N8/c5-11-9-3-1-2-7-4(8-3)10-12-6/h1,4,7-8H,2H2,(H2,5,9)(H2,6,10). The van der Waals surface area contributed by atoms with Crippen LogP contribution in [-0.4, -0.2) is 12.8 Å². The van der Waals surface area contributed by atoms with E-state index >= 15 is 0 Å². The van der Waals surface area contributed by atoms with E-state index in [9.17, 15) is 0 Å². The molecule has 1 atom stereocenters. The van der Waals surface area contributed by atoms with Crippen molar-refractivity contribution in [3.63, 3.8) is 0 Å². The van der Waals surface area contributed by atoms with Crippen molar-refractivity contribution in [2.75, 3.05) is 6.54 Å². The maximum Gasteiger partial charge on any atom is 0.197 e. The van der Waals surface area contributed by atoms with E-state index in [1.54, 1.807) is 6.08 Å². The number of nitrogens with zero attached hydrogens (tertiary/aromatic N) is 3. The largest absolute Gasteiger partial charge is 0.335 e. The van der Waals surface area contributed by atoms with E-state index in [-0.39, 0.29) is 6.29 Å². The molecule has 66 valence electrons. The van der Waals surface area contributed by atoms with Crippen molar-refractivity contribution in [3.8, 4) is 0 Å². The molecular weight excluding hydrogens is 160 g/mol. The smallest absolute Gasteiger partial charge is 0.197 e. The highest BCUT2D eigenvalue weighted by Crippen LogP contribution is 1.94. The molecule has 8 heteroatoms. The Morgan fingerprint density at radius 2 is 2.58 bits per heavy atom. The maximum absolute atomic E-state index is 6.54. The molecular formula is C4H10N8. The summed E-state index contributed by atoms with van der Waals surface area (Å²) in [6.45, 7) is 0.620. The molecule has 0 aliphatic carbocycles. The second-order valence-electron chi connectivity index (χ2n) is 2.03. The molecule has 0 aromatic rings. The molecule has 0 aromatic carbocycles. The topological polar surface area (TPSA) is 123 Å². The minimum Gasteiger partial charge on any atom is -0.335 e. The average molecular weight is 170 g/mol. The lowest BCUT2D eigenvalue weighted by molar-refractivity contribution is 0.433. The van der Waals surface area contributed by atoms with Crippen molar-refractivity contribution in [1.82, 2.24) is 16.1 Å². The Hall–Kier alpha value is -1.70. The third-order valence-corrected chi connectivity index (χ3v) is 1.27. The lowest BCUT2D eigenvalue weighted by Crippen LogP contribution is -2.46. The van der Waals surface area contributed by atoms with Gasteiger partial charge in [-0.2, -0.15) is 5.53 Å². The summed E-state index contributed by atoms with van der Waals surface area (Å²) in [5.41, 5.74) is 8.97. The van der Waals surface area contributed by atoms with Crippen LogP contribution in [0.1, 0.15) is 0 Å². The number of hydrogen-bond donors (Lipinski definition) is 5. The van der Waals surface area contributed by atoms with Crippen LogP contribution in [0, 0.1) is 5.53 Å². The third kappa shape index (κ3) is 2.16. The van der Waals surface area contributed by atoms with Gasteiger partial charge >= 0.3 is 0 Å². The first-order valence-corrected chi connectivity index (χ1v) is 3.29. The van der Waals surface area contributed by atoms with Crippen LogP contribution in [0.4, 0.5) is 0 Å². The molecule has 0 saturated carbocycles. The first kappa shape index (κ1) is 8.40. The Morgan fingerprint density at radius 3 is 3.25 bits per heavy atom. The van der Waals surface area contributed by atoms with E-state index in [0.717, 1.165) is 0 Å². The normalized spacial score (nSPS) is 23.0. The van der Waals surface area contributed by atoms with E-state index in [2.05, 4.69) is 31.6 Å². The molecule has 1 aliphatic rings. The number of nitrogens with one attached hydrogen (secondary N) is 4. The van der Waals surface area contributed by atoms with Gasteiger partial charge in [0.2, 0.25) is 0 Å². The molecule has 0 aromatic heterocycles. The Bertz CT molecular complexity index is 207. The fourth-order valence-electron chi connectivity index (χ4n) is 0.804. The number of rotatable bonds is 3. The number of hydrogen-bond acceptors (Lipinski definition) is 6. The van der Waals surface area contributed by atoms with Gasteiger partial charge in [0.1, 0.15) is 5.82 Å². The summed E-state index contributed by atoms with van der Waals surface area (Å²) < 4.78 is 0. The summed E-state index contributed by atoms with van der Waals surface area (Å²) >= 11 is 0. The Morgan fingerprint density at radius 1 is 1.75 bits per heavy atom. The summed E-state index contributed by atoms with van der Waals surface area (Å²) in [6.07, 6.45) is 1.44. The molecule has 12 heavy (non-hydrogen) atoms. The summed E-state index contributed by atoms with van der Waals surface area (Å²) in [4.78, 5) is 0. The van der Waals surface area contributed by atoms with Crippen LogP contribution >= 0.6 is 0 Å². The van der Waals surface area contributed by atoms with Gasteiger partial charge in [-0.25, -0.2) is 5.43 Å². The fourth-order valence-corrected chi connectivity index (χ4v) is 0.804. The van der Waals surface area contributed by atoms with Crippen molar-refractivity contribution in [2.45, 2.75) is 6.29 Å². The predicted molar refractivity (Wildman–Crippen MR) is 40.3 cm³/mol. The molecule has 0 saturated heterocycles. The monoisotopic (exact) mass is 170 g/mol. The highest BCUT2D eigenvalue weighted by atomic mass is 15.5. The quantitative estimate of drug-likeness (QED) is 0.215. The highest BCUT2D eigenvalue weighted by Gasteiger charge is 2.10. The van der Waals surface area contributed by atoms with Crippen molar-refractivity contribution in [2.24, 2.45) is 21.4 Å². The zero-order chi connectivity index (χ0) is 8.81. The van der Waals surface area contributed by atoms with Crippen LogP contribution in [0.3, 0.4) is 0 Å². The number of nitrogens with two attached hydrogens (primary N) is 1. The average Bonchev–Trinajstić information content (AvgIpc) is 2.06. The molecule has 1 aliphatic heterocycles. The van der Waals surface area contributed by atoms with Crippen molar-refractivity contribution in [1.29, 1.82) is 5.53 Å². The molecule has 6 N–H and O–H groups in total. The summed E-state index contributed by atoms with van der Waals surface area (Å²) in [5.74, 6) is 5.47. The zero-order valence-corrected chi connectivity index (χ0v) is 6.28. The lowest BCUT2D eigenvalue weighted by atomic mass is 10.4. The van der Waals surface area contributed by atoms with Crippen molar-refractivity contribution >= 4 is 0 Å². The van der Waals surface area contributed by atoms with Crippen LogP contribution in [0.15, 0.2) is 27.5 Å². The molecule has 8 nitrogen and oxygen atoms in total. The van der Waals surface area contributed by atoms with Gasteiger partial charge in [-0.15, -0.1) is 5.11 Å². The first-order valence-electron chi connectivity index (χ1n) is 3.29. The van der Waals surface area contributed by atoms with Gasteiger partial charge in [0.15, 0.2) is 6.29 Å². The van der Waals surface area contributed by atoms with Gasteiger partial charge in [-0.05, 0) is 6.08 Å². The molecule has 0 bridgehead atoms. The predicted octanol–water partition coefficient (Wildman–Crippen LogP) is -0.834. The Balaban J connectivity index is 2.46. The van der Waals surface area contributed by atoms with Gasteiger partial charge in [0.05, 0.1) is 0 Å². The van der Waals surface area contributed by atoms with Gasteiger partial charge in [-0.1, -0.05) is 10.4 Å². The van der Waals surface area contributed by atoms with Gasteiger partial charge in [-0.3, -0.25) is 5.32 Å². The summed E-state index contributed by atoms with van der Waals surface area (Å²) in [5, 5.41) is 15.5. The van der Waals surface area contributed by atoms with E-state index in [1.807, 2.05) is 0 Å². The van der Waals surface area contributed by atoms with Gasteiger partial charge < -0.3 is 11.2 Å². The Labute approximate surface area is 68.8 Å². The molecule has 0 spiro atoms. The minimum absolute atomic E-state index is 0.357. The second kappa shape index (κ2) is 4.23. The molecule has 1 unspecified atom stereocenters. The van der Waals surface area contributed by atoms with Crippen molar-refractivity contribution in [3.05, 3.63) is 11.9 Å². The highest BCUT2D eigenvalue weighted by molar-refractivity contribution is 5.02. The van der Waals surface area contributed by atoms with Crippen LogP contribution < -0.4 is 21.9 Å². The third-order valence-electron chi connectivity index (χ3n) is 1.27. The first-order chi connectivity index (χ1) is 5.86. The molecule has 1 rings (SSSR count). The zero-order valence-electron chi connectivity index (χ0n) is 6.28. The van der Waals surface area contributed by atoms with Crippen molar-refractivity contribution < 1.29 is 0 Å². The Kier molecular flexibility index (Phi) is 2.96. The van der Waals surface area contributed by atoms with Gasteiger partial charge in [0.25, 0.3) is 0 Å². The van der Waals surface area contributed by atoms with Crippen LogP contribution in [-0.2, 0) is 0 Å². The van der Waals surface area contributed by atoms with Crippen LogP contribution in [0.2, 0.25) is 0 Å². The fraction of sp³-hybridized carbons (Fsp3) is 0.500. The minimum atomic E-state index is -0.357. The SMILES string of the molecule is N=NNC1=CCNC(N=NN)N1. The maximum atomic E-state index is 6.54. The molecule has 0 fully saturated rings. The lowest BCUT2D eigenvalue weighted by Gasteiger charge is -2.21. The molecule has 0 radical (unpaired) electrons. The van der Waals surface area contributed by atoms with E-state index in [1.165, 1.54) is 0 Å². The second-order valence-corrected chi connectivity index (χ2v) is 2.03.